The smallest absolute Gasteiger partial charge is 0.335 e. The predicted molar refractivity (Wildman–Crippen MR) is 131 cm³/mol. The third kappa shape index (κ3) is 5.18. The van der Waals surface area contributed by atoms with Crippen LogP contribution in [0.4, 0.5) is 16.2 Å². The molecule has 4 amide bonds. The second-order valence-corrected chi connectivity index (χ2v) is 7.99. The summed E-state index contributed by atoms with van der Waals surface area (Å²) >= 11 is 5.88. The third-order valence-corrected chi connectivity index (χ3v) is 5.48. The van der Waals surface area contributed by atoms with E-state index in [0.717, 1.165) is 4.90 Å². The largest absolute Gasteiger partial charge is 0.493 e. The van der Waals surface area contributed by atoms with Crippen LogP contribution in [0.1, 0.15) is 11.1 Å². The molecule has 3 aromatic rings. The number of nitrogens with zero attached hydrogens (tertiary/aromatic N) is 2. The first kappa shape index (κ1) is 24.4. The summed E-state index contributed by atoms with van der Waals surface area (Å²) in [6.07, 6.45) is 1.34. The SMILES string of the molecule is COc1cc(C=C2C(=O)NC(=O)N(c3ccc(Cl)cc3)C2=O)ccc1OCc1ccc([N+](=O)[O-])cc1. The van der Waals surface area contributed by atoms with E-state index in [2.05, 4.69) is 5.32 Å². The minimum absolute atomic E-state index is 0.0219. The van der Waals surface area contributed by atoms with Crippen LogP contribution in [-0.4, -0.2) is 29.9 Å². The lowest BCUT2D eigenvalue weighted by molar-refractivity contribution is -0.384. The Morgan fingerprint density at radius 3 is 2.33 bits per heavy atom. The quantitative estimate of drug-likeness (QED) is 0.216. The minimum Gasteiger partial charge on any atom is -0.493 e. The monoisotopic (exact) mass is 507 g/mol. The van der Waals surface area contributed by atoms with Gasteiger partial charge in [-0.15, -0.1) is 0 Å². The number of imide groups is 2. The second kappa shape index (κ2) is 10.3. The molecule has 0 aliphatic carbocycles. The molecule has 1 N–H and O–H groups in total. The summed E-state index contributed by atoms with van der Waals surface area (Å²) in [6, 6.07) is 15.9. The van der Waals surface area contributed by atoms with Gasteiger partial charge in [-0.2, -0.15) is 0 Å². The van der Waals surface area contributed by atoms with Gasteiger partial charge in [0.05, 0.1) is 17.7 Å². The number of nitro groups is 1. The van der Waals surface area contributed by atoms with Gasteiger partial charge in [-0.3, -0.25) is 25.0 Å². The van der Waals surface area contributed by atoms with Gasteiger partial charge < -0.3 is 9.47 Å². The van der Waals surface area contributed by atoms with Crippen LogP contribution in [0.2, 0.25) is 5.02 Å². The molecular formula is C25H18ClN3O7. The van der Waals surface area contributed by atoms with E-state index in [0.29, 0.717) is 27.6 Å². The number of barbiturate groups is 1. The molecule has 3 aromatic carbocycles. The highest BCUT2D eigenvalue weighted by molar-refractivity contribution is 6.39. The van der Waals surface area contributed by atoms with Crippen LogP contribution in [0.15, 0.2) is 72.3 Å². The van der Waals surface area contributed by atoms with Crippen molar-refractivity contribution in [3.8, 4) is 11.5 Å². The highest BCUT2D eigenvalue weighted by Crippen LogP contribution is 2.31. The van der Waals surface area contributed by atoms with Gasteiger partial charge in [0.2, 0.25) is 0 Å². The van der Waals surface area contributed by atoms with E-state index < -0.39 is 22.8 Å². The Balaban J connectivity index is 1.55. The van der Waals surface area contributed by atoms with Crippen molar-refractivity contribution < 1.29 is 28.8 Å². The molecule has 1 fully saturated rings. The van der Waals surface area contributed by atoms with E-state index >= 15 is 0 Å². The van der Waals surface area contributed by atoms with E-state index in [4.69, 9.17) is 21.1 Å². The van der Waals surface area contributed by atoms with Gasteiger partial charge in [-0.1, -0.05) is 17.7 Å². The second-order valence-electron chi connectivity index (χ2n) is 7.56. The van der Waals surface area contributed by atoms with Crippen LogP contribution in [0.25, 0.3) is 6.08 Å². The normalized spacial score (nSPS) is 14.6. The minimum atomic E-state index is -0.864. The van der Waals surface area contributed by atoms with Gasteiger partial charge in [0.15, 0.2) is 11.5 Å². The standard InChI is InChI=1S/C25H18ClN3O7/c1-35-22-13-16(4-11-21(22)36-14-15-2-7-19(8-3-15)29(33)34)12-20-23(30)27-25(32)28(24(20)31)18-9-5-17(26)6-10-18/h2-13H,14H2,1H3,(H,27,30,32). The lowest BCUT2D eigenvalue weighted by atomic mass is 10.1. The maximum Gasteiger partial charge on any atom is 0.335 e. The van der Waals surface area contributed by atoms with Crippen molar-refractivity contribution in [1.82, 2.24) is 5.32 Å². The summed E-state index contributed by atoms with van der Waals surface area (Å²) in [4.78, 5) is 48.9. The molecule has 1 saturated heterocycles. The zero-order valence-electron chi connectivity index (χ0n) is 18.8. The number of nitro benzene ring substituents is 1. The number of benzene rings is 3. The molecule has 0 radical (unpaired) electrons. The van der Waals surface area contributed by atoms with E-state index in [1.54, 1.807) is 30.3 Å². The predicted octanol–water partition coefficient (Wildman–Crippen LogP) is 4.50. The Morgan fingerprint density at radius 2 is 1.69 bits per heavy atom. The van der Waals surface area contributed by atoms with Crippen LogP contribution < -0.4 is 19.7 Å². The van der Waals surface area contributed by atoms with Crippen LogP contribution >= 0.6 is 11.6 Å². The molecule has 1 aliphatic heterocycles. The number of methoxy groups -OCH3 is 1. The fourth-order valence-corrected chi connectivity index (χ4v) is 3.54. The Hall–Kier alpha value is -4.70. The number of nitrogens with one attached hydrogen (secondary N) is 1. The van der Waals surface area contributed by atoms with Gasteiger partial charge in [0.25, 0.3) is 17.5 Å². The molecule has 0 bridgehead atoms. The van der Waals surface area contributed by atoms with Crippen LogP contribution in [0.5, 0.6) is 11.5 Å². The lowest BCUT2D eigenvalue weighted by Crippen LogP contribution is -2.54. The van der Waals surface area contributed by atoms with Crippen molar-refractivity contribution >= 4 is 46.9 Å². The molecule has 36 heavy (non-hydrogen) atoms. The average molecular weight is 508 g/mol. The van der Waals surface area contributed by atoms with E-state index in [9.17, 15) is 24.5 Å². The molecular weight excluding hydrogens is 490 g/mol. The number of hydrogen-bond donors (Lipinski definition) is 1. The summed E-state index contributed by atoms with van der Waals surface area (Å²) in [7, 11) is 1.43. The number of anilines is 1. The van der Waals surface area contributed by atoms with Gasteiger partial charge in [0.1, 0.15) is 12.2 Å². The molecule has 1 heterocycles. The average Bonchev–Trinajstić information content (AvgIpc) is 2.86. The topological polar surface area (TPSA) is 128 Å². The summed E-state index contributed by atoms with van der Waals surface area (Å²) in [6.45, 7) is 0.133. The van der Waals surface area contributed by atoms with Crippen LogP contribution in [0.3, 0.4) is 0 Å². The molecule has 4 rings (SSSR count). The molecule has 0 aromatic heterocycles. The number of hydrogen-bond acceptors (Lipinski definition) is 7. The van der Waals surface area contributed by atoms with Crippen LogP contribution in [0, 0.1) is 10.1 Å². The summed E-state index contributed by atoms with van der Waals surface area (Å²) < 4.78 is 11.2. The van der Waals surface area contributed by atoms with Crippen molar-refractivity contribution in [2.45, 2.75) is 6.61 Å². The zero-order valence-corrected chi connectivity index (χ0v) is 19.5. The van der Waals surface area contributed by atoms with Crippen molar-refractivity contribution in [2.24, 2.45) is 0 Å². The van der Waals surface area contributed by atoms with Crippen molar-refractivity contribution in [1.29, 1.82) is 0 Å². The number of rotatable bonds is 7. The molecule has 0 saturated carbocycles. The van der Waals surface area contributed by atoms with Crippen molar-refractivity contribution in [3.63, 3.8) is 0 Å². The number of carbonyl (C=O) groups excluding carboxylic acids is 3. The number of halogens is 1. The molecule has 0 spiro atoms. The summed E-state index contributed by atoms with van der Waals surface area (Å²) in [5, 5.41) is 13.4. The first-order valence-corrected chi connectivity index (χ1v) is 10.9. The number of non-ortho nitro benzene ring substituents is 1. The Morgan fingerprint density at radius 1 is 1.00 bits per heavy atom. The van der Waals surface area contributed by atoms with Crippen LogP contribution in [-0.2, 0) is 16.2 Å². The fraction of sp³-hybridized carbons (Fsp3) is 0.0800. The Bertz CT molecular complexity index is 1390. The molecule has 0 unspecified atom stereocenters. The Kier molecular flexibility index (Phi) is 6.98. The van der Waals surface area contributed by atoms with Gasteiger partial charge in [0, 0.05) is 17.2 Å². The zero-order chi connectivity index (χ0) is 25.8. The molecule has 0 atom stereocenters. The first-order chi connectivity index (χ1) is 17.3. The number of amides is 4. The highest BCUT2D eigenvalue weighted by atomic mass is 35.5. The molecule has 182 valence electrons. The lowest BCUT2D eigenvalue weighted by Gasteiger charge is -2.26. The van der Waals surface area contributed by atoms with Gasteiger partial charge in [-0.05, 0) is 65.7 Å². The fourth-order valence-electron chi connectivity index (χ4n) is 3.42. The summed E-state index contributed by atoms with van der Waals surface area (Å²) in [5.41, 5.74) is 1.16. The van der Waals surface area contributed by atoms with E-state index in [-0.39, 0.29) is 23.6 Å². The van der Waals surface area contributed by atoms with E-state index in [1.807, 2.05) is 0 Å². The highest BCUT2D eigenvalue weighted by Gasteiger charge is 2.36. The molecule has 11 heteroatoms. The maximum absolute atomic E-state index is 13.0. The third-order valence-electron chi connectivity index (χ3n) is 5.23. The number of urea groups is 1. The maximum atomic E-state index is 13.0. The molecule has 10 nitrogen and oxygen atoms in total. The van der Waals surface area contributed by atoms with Gasteiger partial charge >= 0.3 is 6.03 Å². The first-order valence-electron chi connectivity index (χ1n) is 10.5. The van der Waals surface area contributed by atoms with Crippen molar-refractivity contribution in [3.05, 3.63) is 98.6 Å². The van der Waals surface area contributed by atoms with Crippen molar-refractivity contribution in [2.75, 3.05) is 12.0 Å². The van der Waals surface area contributed by atoms with E-state index in [1.165, 1.54) is 49.6 Å². The number of carbonyl (C=O) groups is 3. The molecule has 1 aliphatic rings. The Labute approximate surface area is 209 Å². The number of ether oxygens (including phenoxy) is 2. The summed E-state index contributed by atoms with van der Waals surface area (Å²) in [5.74, 6) is -0.896. The van der Waals surface area contributed by atoms with Gasteiger partial charge in [-0.25, -0.2) is 9.69 Å².